The van der Waals surface area contributed by atoms with Crippen molar-refractivity contribution in [1.82, 2.24) is 15.5 Å². The van der Waals surface area contributed by atoms with Crippen molar-refractivity contribution >= 4 is 11.8 Å². The van der Waals surface area contributed by atoms with Crippen molar-refractivity contribution in [3.8, 4) is 0 Å². The van der Waals surface area contributed by atoms with Gasteiger partial charge in [0.2, 0.25) is 11.8 Å². The normalized spacial score (nSPS) is 11.9. The van der Waals surface area contributed by atoms with Crippen LogP contribution in [0.2, 0.25) is 0 Å². The molecule has 0 radical (unpaired) electrons. The molecule has 0 aromatic heterocycles. The molecule has 21 heavy (non-hydrogen) atoms. The van der Waals surface area contributed by atoms with Crippen LogP contribution in [-0.4, -0.2) is 43.9 Å². The summed E-state index contributed by atoms with van der Waals surface area (Å²) in [5.41, 5.74) is 0.533. The Kier molecular flexibility index (Phi) is 6.23. The molecule has 2 N–H and O–H groups in total. The van der Waals surface area contributed by atoms with Gasteiger partial charge >= 0.3 is 0 Å². The SMILES string of the molecule is C[C@H](NCC(=O)NCC(=O)N(C)C)c1ccc(F)c(F)c1. The second-order valence-electron chi connectivity index (χ2n) is 4.84. The Hall–Kier alpha value is -2.02. The molecule has 116 valence electrons. The molecule has 0 aliphatic rings. The molecule has 0 heterocycles. The lowest BCUT2D eigenvalue weighted by Gasteiger charge is -2.15. The van der Waals surface area contributed by atoms with Gasteiger partial charge < -0.3 is 15.5 Å². The minimum atomic E-state index is -0.929. The predicted molar refractivity (Wildman–Crippen MR) is 74.5 cm³/mol. The molecule has 0 bridgehead atoms. The van der Waals surface area contributed by atoms with Crippen LogP contribution in [0, 0.1) is 11.6 Å². The average molecular weight is 299 g/mol. The number of amides is 2. The van der Waals surface area contributed by atoms with Crippen LogP contribution < -0.4 is 10.6 Å². The second kappa shape index (κ2) is 7.68. The van der Waals surface area contributed by atoms with Crippen molar-refractivity contribution in [3.63, 3.8) is 0 Å². The van der Waals surface area contributed by atoms with Crippen LogP contribution in [0.15, 0.2) is 18.2 Å². The smallest absolute Gasteiger partial charge is 0.241 e. The van der Waals surface area contributed by atoms with E-state index < -0.39 is 11.6 Å². The first kappa shape index (κ1) is 17.0. The average Bonchev–Trinajstić information content (AvgIpc) is 2.44. The van der Waals surface area contributed by atoms with Crippen LogP contribution in [-0.2, 0) is 9.59 Å². The lowest BCUT2D eigenvalue weighted by molar-refractivity contribution is -0.130. The molecule has 2 amide bonds. The van der Waals surface area contributed by atoms with Gasteiger partial charge in [-0.1, -0.05) is 6.07 Å². The van der Waals surface area contributed by atoms with E-state index in [4.69, 9.17) is 0 Å². The minimum Gasteiger partial charge on any atom is -0.347 e. The van der Waals surface area contributed by atoms with Gasteiger partial charge in [0.05, 0.1) is 13.1 Å². The van der Waals surface area contributed by atoms with E-state index in [2.05, 4.69) is 10.6 Å². The third-order valence-corrected chi connectivity index (χ3v) is 2.95. The fourth-order valence-electron chi connectivity index (χ4n) is 1.54. The van der Waals surface area contributed by atoms with Crippen molar-refractivity contribution < 1.29 is 18.4 Å². The van der Waals surface area contributed by atoms with Gasteiger partial charge in [0.15, 0.2) is 11.6 Å². The van der Waals surface area contributed by atoms with Crippen LogP contribution in [0.5, 0.6) is 0 Å². The van der Waals surface area contributed by atoms with E-state index in [-0.39, 0.29) is 30.9 Å². The Morgan fingerprint density at radius 1 is 1.19 bits per heavy atom. The summed E-state index contributed by atoms with van der Waals surface area (Å²) in [6, 6.07) is 3.25. The van der Waals surface area contributed by atoms with Crippen LogP contribution in [0.25, 0.3) is 0 Å². The van der Waals surface area contributed by atoms with Gasteiger partial charge in [-0.05, 0) is 24.6 Å². The molecule has 0 spiro atoms. The van der Waals surface area contributed by atoms with E-state index in [0.29, 0.717) is 5.56 Å². The van der Waals surface area contributed by atoms with Gasteiger partial charge in [-0.2, -0.15) is 0 Å². The molecule has 0 saturated heterocycles. The Balaban J connectivity index is 2.41. The van der Waals surface area contributed by atoms with Crippen molar-refractivity contribution in [2.24, 2.45) is 0 Å². The van der Waals surface area contributed by atoms with Gasteiger partial charge in [-0.3, -0.25) is 9.59 Å². The molecular formula is C14H19F2N3O2. The maximum atomic E-state index is 13.1. The number of carbonyl (C=O) groups is 2. The topological polar surface area (TPSA) is 61.4 Å². The fraction of sp³-hybridized carbons (Fsp3) is 0.429. The van der Waals surface area contributed by atoms with Crippen molar-refractivity contribution in [2.45, 2.75) is 13.0 Å². The van der Waals surface area contributed by atoms with Crippen molar-refractivity contribution in [2.75, 3.05) is 27.2 Å². The van der Waals surface area contributed by atoms with Gasteiger partial charge in [0.1, 0.15) is 0 Å². The number of rotatable bonds is 6. The molecule has 1 aromatic rings. The van der Waals surface area contributed by atoms with E-state index >= 15 is 0 Å². The van der Waals surface area contributed by atoms with E-state index in [1.807, 2.05) is 0 Å². The maximum absolute atomic E-state index is 13.1. The lowest BCUT2D eigenvalue weighted by Crippen LogP contribution is -2.40. The molecule has 0 fully saturated rings. The summed E-state index contributed by atoms with van der Waals surface area (Å²) in [6.07, 6.45) is 0. The van der Waals surface area contributed by atoms with Crippen molar-refractivity contribution in [3.05, 3.63) is 35.4 Å². The molecule has 0 saturated carbocycles. The molecule has 1 atom stereocenters. The highest BCUT2D eigenvalue weighted by molar-refractivity contribution is 5.85. The number of carbonyl (C=O) groups excluding carboxylic acids is 2. The zero-order chi connectivity index (χ0) is 16.0. The zero-order valence-electron chi connectivity index (χ0n) is 12.2. The molecule has 1 rings (SSSR count). The zero-order valence-corrected chi connectivity index (χ0v) is 12.2. The Labute approximate surface area is 122 Å². The first-order chi connectivity index (χ1) is 9.81. The largest absolute Gasteiger partial charge is 0.347 e. The number of likely N-dealkylation sites (N-methyl/N-ethyl adjacent to an activating group) is 1. The lowest BCUT2D eigenvalue weighted by atomic mass is 10.1. The van der Waals surface area contributed by atoms with Gasteiger partial charge in [-0.25, -0.2) is 8.78 Å². The second-order valence-corrected chi connectivity index (χ2v) is 4.84. The Bertz CT molecular complexity index is 521. The van der Waals surface area contributed by atoms with Crippen molar-refractivity contribution in [1.29, 1.82) is 0 Å². The number of nitrogens with one attached hydrogen (secondary N) is 2. The fourth-order valence-corrected chi connectivity index (χ4v) is 1.54. The highest BCUT2D eigenvalue weighted by Crippen LogP contribution is 2.15. The van der Waals surface area contributed by atoms with Crippen LogP contribution in [0.4, 0.5) is 8.78 Å². The Morgan fingerprint density at radius 2 is 1.86 bits per heavy atom. The third-order valence-electron chi connectivity index (χ3n) is 2.95. The van der Waals surface area contributed by atoms with E-state index in [1.165, 1.54) is 11.0 Å². The highest BCUT2D eigenvalue weighted by Gasteiger charge is 2.11. The first-order valence-electron chi connectivity index (χ1n) is 6.46. The summed E-state index contributed by atoms with van der Waals surface area (Å²) >= 11 is 0. The summed E-state index contributed by atoms with van der Waals surface area (Å²) in [5.74, 6) is -2.40. The summed E-state index contributed by atoms with van der Waals surface area (Å²) < 4.78 is 25.9. The molecule has 0 aliphatic heterocycles. The van der Waals surface area contributed by atoms with E-state index in [9.17, 15) is 18.4 Å². The standard InChI is InChI=1S/C14H19F2N3O2/c1-9(10-4-5-11(15)12(16)6-10)17-7-13(20)18-8-14(21)19(2)3/h4-6,9,17H,7-8H2,1-3H3,(H,18,20)/t9-/m0/s1. The number of hydrogen-bond acceptors (Lipinski definition) is 3. The number of halogens is 2. The van der Waals surface area contributed by atoms with Gasteiger partial charge in [0, 0.05) is 20.1 Å². The third kappa shape index (κ3) is 5.47. The highest BCUT2D eigenvalue weighted by atomic mass is 19.2. The van der Waals surface area contributed by atoms with E-state index in [1.54, 1.807) is 21.0 Å². The first-order valence-corrected chi connectivity index (χ1v) is 6.46. The van der Waals surface area contributed by atoms with Gasteiger partial charge in [-0.15, -0.1) is 0 Å². The number of hydrogen-bond donors (Lipinski definition) is 2. The summed E-state index contributed by atoms with van der Waals surface area (Å²) in [6.45, 7) is 1.62. The predicted octanol–water partition coefficient (Wildman–Crippen LogP) is 0.820. The Morgan fingerprint density at radius 3 is 2.43 bits per heavy atom. The summed E-state index contributed by atoms with van der Waals surface area (Å²) in [5, 5.41) is 5.34. The molecule has 0 aliphatic carbocycles. The van der Waals surface area contributed by atoms with Gasteiger partial charge in [0.25, 0.3) is 0 Å². The summed E-state index contributed by atoms with van der Waals surface area (Å²) in [7, 11) is 3.19. The monoisotopic (exact) mass is 299 g/mol. The molecular weight excluding hydrogens is 280 g/mol. The number of benzene rings is 1. The molecule has 1 aromatic carbocycles. The maximum Gasteiger partial charge on any atom is 0.241 e. The quantitative estimate of drug-likeness (QED) is 0.817. The summed E-state index contributed by atoms with van der Waals surface area (Å²) in [4.78, 5) is 24.2. The molecule has 0 unspecified atom stereocenters. The molecule has 7 heteroatoms. The van der Waals surface area contributed by atoms with E-state index in [0.717, 1.165) is 12.1 Å². The van der Waals surface area contributed by atoms with Crippen LogP contribution in [0.3, 0.4) is 0 Å². The van der Waals surface area contributed by atoms with Crippen LogP contribution >= 0.6 is 0 Å². The molecule has 5 nitrogen and oxygen atoms in total. The van der Waals surface area contributed by atoms with Crippen LogP contribution in [0.1, 0.15) is 18.5 Å². The number of nitrogens with zero attached hydrogens (tertiary/aromatic N) is 1. The minimum absolute atomic E-state index is 0.0269.